The second kappa shape index (κ2) is 3.96. The number of nitrogens with zero attached hydrogens (tertiary/aromatic N) is 2. The van der Waals surface area contributed by atoms with Gasteiger partial charge in [-0.25, -0.2) is 4.98 Å². The van der Waals surface area contributed by atoms with Gasteiger partial charge in [-0.2, -0.15) is 5.26 Å². The van der Waals surface area contributed by atoms with E-state index in [4.69, 9.17) is 4.98 Å². The normalized spacial score (nSPS) is 16.1. The number of benzene rings is 1. The summed E-state index contributed by atoms with van der Waals surface area (Å²) >= 11 is 0. The third-order valence-electron chi connectivity index (χ3n) is 3.94. The summed E-state index contributed by atoms with van der Waals surface area (Å²) in [4.78, 5) is 8.00. The molecule has 0 atom stereocenters. The average molecular weight is 251 g/mol. The van der Waals surface area contributed by atoms with Crippen molar-refractivity contribution in [2.24, 2.45) is 0 Å². The molecular weight excluding hydrogens is 234 g/mol. The quantitative estimate of drug-likeness (QED) is 0.887. The van der Waals surface area contributed by atoms with Crippen molar-refractivity contribution in [3.05, 3.63) is 40.8 Å². The van der Waals surface area contributed by atoms with Crippen molar-refractivity contribution in [1.29, 1.82) is 5.26 Å². The van der Waals surface area contributed by atoms with E-state index in [1.807, 2.05) is 6.92 Å². The Morgan fingerprint density at radius 3 is 2.58 bits per heavy atom. The molecule has 1 aromatic heterocycles. The van der Waals surface area contributed by atoms with Crippen LogP contribution >= 0.6 is 0 Å². The van der Waals surface area contributed by atoms with Crippen molar-refractivity contribution in [2.45, 2.75) is 39.0 Å². The van der Waals surface area contributed by atoms with Crippen LogP contribution in [0.4, 0.5) is 0 Å². The highest BCUT2D eigenvalue weighted by Gasteiger charge is 2.48. The van der Waals surface area contributed by atoms with Crippen LogP contribution in [0, 0.1) is 32.1 Å². The van der Waals surface area contributed by atoms with Gasteiger partial charge in [-0.15, -0.1) is 0 Å². The molecule has 1 saturated carbocycles. The van der Waals surface area contributed by atoms with Gasteiger partial charge in [-0.3, -0.25) is 0 Å². The number of aryl methyl sites for hydroxylation is 3. The van der Waals surface area contributed by atoms with E-state index in [1.54, 1.807) is 0 Å². The topological polar surface area (TPSA) is 52.5 Å². The Morgan fingerprint density at radius 2 is 2.00 bits per heavy atom. The zero-order chi connectivity index (χ0) is 13.6. The molecule has 19 heavy (non-hydrogen) atoms. The molecule has 96 valence electrons. The predicted molar refractivity (Wildman–Crippen MR) is 74.8 cm³/mol. The Labute approximate surface area is 113 Å². The van der Waals surface area contributed by atoms with Gasteiger partial charge in [0.05, 0.1) is 11.8 Å². The van der Waals surface area contributed by atoms with Crippen molar-refractivity contribution < 1.29 is 0 Å². The minimum atomic E-state index is -0.346. The Hall–Kier alpha value is -2.08. The lowest BCUT2D eigenvalue weighted by Gasteiger charge is -2.05. The standard InChI is InChI=1S/C16H17N3/c1-10-4-5-13(11(2)8-10)14-12(3)18-15(19-14)16(9-17)6-7-16/h4-5,8H,6-7H2,1-3H3,(H,18,19). The smallest absolute Gasteiger partial charge is 0.127 e. The lowest BCUT2D eigenvalue weighted by molar-refractivity contribution is 0.818. The molecule has 1 aromatic carbocycles. The van der Waals surface area contributed by atoms with Crippen LogP contribution in [-0.4, -0.2) is 9.97 Å². The van der Waals surface area contributed by atoms with E-state index in [-0.39, 0.29) is 5.41 Å². The highest BCUT2D eigenvalue weighted by molar-refractivity contribution is 5.66. The number of imidazole rings is 1. The van der Waals surface area contributed by atoms with Gasteiger partial charge in [0.1, 0.15) is 11.2 Å². The van der Waals surface area contributed by atoms with Crippen LogP contribution in [0.25, 0.3) is 11.3 Å². The molecule has 0 spiro atoms. The fraction of sp³-hybridized carbons (Fsp3) is 0.375. The summed E-state index contributed by atoms with van der Waals surface area (Å²) in [5.41, 5.74) is 5.31. The number of H-pyrrole nitrogens is 1. The van der Waals surface area contributed by atoms with Crippen LogP contribution in [0.2, 0.25) is 0 Å². The second-order valence-corrected chi connectivity index (χ2v) is 5.57. The maximum Gasteiger partial charge on any atom is 0.127 e. The molecule has 1 N–H and O–H groups in total. The van der Waals surface area contributed by atoms with Crippen molar-refractivity contribution in [3.63, 3.8) is 0 Å². The molecule has 0 amide bonds. The first-order valence-corrected chi connectivity index (χ1v) is 6.62. The van der Waals surface area contributed by atoms with Crippen LogP contribution in [0.15, 0.2) is 18.2 Å². The number of nitrogens with one attached hydrogen (secondary N) is 1. The first kappa shape index (κ1) is 12.0. The highest BCUT2D eigenvalue weighted by Crippen LogP contribution is 2.47. The van der Waals surface area contributed by atoms with Gasteiger partial charge in [0.15, 0.2) is 0 Å². The molecule has 2 aromatic rings. The molecule has 3 rings (SSSR count). The van der Waals surface area contributed by atoms with E-state index in [0.717, 1.165) is 35.6 Å². The Kier molecular flexibility index (Phi) is 2.50. The van der Waals surface area contributed by atoms with Crippen molar-refractivity contribution in [3.8, 4) is 17.3 Å². The molecule has 0 saturated heterocycles. The minimum absolute atomic E-state index is 0.346. The molecule has 3 nitrogen and oxygen atoms in total. The first-order valence-electron chi connectivity index (χ1n) is 6.62. The highest BCUT2D eigenvalue weighted by atomic mass is 15.0. The largest absolute Gasteiger partial charge is 0.344 e. The zero-order valence-corrected chi connectivity index (χ0v) is 11.5. The number of hydrogen-bond donors (Lipinski definition) is 1. The van der Waals surface area contributed by atoms with Crippen LogP contribution in [-0.2, 0) is 5.41 Å². The van der Waals surface area contributed by atoms with Gasteiger partial charge in [-0.05, 0) is 39.2 Å². The van der Waals surface area contributed by atoms with Crippen LogP contribution in [0.3, 0.4) is 0 Å². The second-order valence-electron chi connectivity index (χ2n) is 5.57. The molecule has 1 aliphatic rings. The Morgan fingerprint density at radius 1 is 1.26 bits per heavy atom. The molecule has 0 radical (unpaired) electrons. The van der Waals surface area contributed by atoms with Gasteiger partial charge >= 0.3 is 0 Å². The van der Waals surface area contributed by atoms with E-state index in [2.05, 4.69) is 43.1 Å². The summed E-state index contributed by atoms with van der Waals surface area (Å²) in [6.45, 7) is 6.22. The van der Waals surface area contributed by atoms with Gasteiger partial charge in [0.25, 0.3) is 0 Å². The molecule has 1 aliphatic carbocycles. The van der Waals surface area contributed by atoms with Crippen molar-refractivity contribution >= 4 is 0 Å². The third kappa shape index (κ3) is 1.84. The summed E-state index contributed by atoms with van der Waals surface area (Å²) in [6, 6.07) is 8.78. The third-order valence-corrected chi connectivity index (χ3v) is 3.94. The fourth-order valence-corrected chi connectivity index (χ4v) is 2.56. The van der Waals surface area contributed by atoms with E-state index < -0.39 is 0 Å². The van der Waals surface area contributed by atoms with Crippen molar-refractivity contribution in [1.82, 2.24) is 9.97 Å². The maximum absolute atomic E-state index is 9.26. The summed E-state index contributed by atoms with van der Waals surface area (Å²) in [5, 5.41) is 9.26. The molecule has 0 unspecified atom stereocenters. The van der Waals surface area contributed by atoms with Gasteiger partial charge in [0.2, 0.25) is 0 Å². The SMILES string of the molecule is Cc1ccc(-c2nc(C3(C#N)CC3)[nH]c2C)c(C)c1. The van der Waals surface area contributed by atoms with Gasteiger partial charge in [0, 0.05) is 11.3 Å². The van der Waals surface area contributed by atoms with Crippen molar-refractivity contribution in [2.75, 3.05) is 0 Å². The predicted octanol–water partition coefficient (Wildman–Crippen LogP) is 3.56. The van der Waals surface area contributed by atoms with E-state index in [9.17, 15) is 5.26 Å². The van der Waals surface area contributed by atoms with Crippen LogP contribution < -0.4 is 0 Å². The van der Waals surface area contributed by atoms with E-state index in [0.29, 0.717) is 0 Å². The van der Waals surface area contributed by atoms with Crippen LogP contribution in [0.5, 0.6) is 0 Å². The lowest BCUT2D eigenvalue weighted by Crippen LogP contribution is -2.04. The van der Waals surface area contributed by atoms with E-state index >= 15 is 0 Å². The van der Waals surface area contributed by atoms with Crippen LogP contribution in [0.1, 0.15) is 35.5 Å². The minimum Gasteiger partial charge on any atom is -0.344 e. The molecule has 1 fully saturated rings. The average Bonchev–Trinajstić information content (AvgIpc) is 3.08. The summed E-state index contributed by atoms with van der Waals surface area (Å²) in [6.07, 6.45) is 1.84. The molecule has 0 bridgehead atoms. The lowest BCUT2D eigenvalue weighted by atomic mass is 10.0. The first-order chi connectivity index (χ1) is 9.05. The fourth-order valence-electron chi connectivity index (χ4n) is 2.56. The molecular formula is C16H17N3. The molecule has 3 heteroatoms. The zero-order valence-electron chi connectivity index (χ0n) is 11.5. The maximum atomic E-state index is 9.26. The number of nitriles is 1. The summed E-state index contributed by atoms with van der Waals surface area (Å²) < 4.78 is 0. The number of aromatic amines is 1. The monoisotopic (exact) mass is 251 g/mol. The Balaban J connectivity index is 2.09. The van der Waals surface area contributed by atoms with Gasteiger partial charge < -0.3 is 4.98 Å². The number of hydrogen-bond acceptors (Lipinski definition) is 2. The summed E-state index contributed by atoms with van der Waals surface area (Å²) in [5.74, 6) is 0.836. The van der Waals surface area contributed by atoms with E-state index in [1.165, 1.54) is 11.1 Å². The molecule has 1 heterocycles. The number of rotatable bonds is 2. The summed E-state index contributed by atoms with van der Waals surface area (Å²) in [7, 11) is 0. The number of aromatic nitrogens is 2. The molecule has 0 aliphatic heterocycles. The Bertz CT molecular complexity index is 685. The van der Waals surface area contributed by atoms with Gasteiger partial charge in [-0.1, -0.05) is 23.8 Å².